The van der Waals surface area contributed by atoms with Gasteiger partial charge in [0, 0.05) is 5.56 Å². The molecule has 0 heterocycles. The van der Waals surface area contributed by atoms with Crippen LogP contribution in [0.4, 0.5) is 0 Å². The third kappa shape index (κ3) is 4.44. The van der Waals surface area contributed by atoms with Gasteiger partial charge in [0.25, 0.3) is 11.8 Å². The second-order valence-corrected chi connectivity index (χ2v) is 5.63. The van der Waals surface area contributed by atoms with Crippen LogP contribution in [0.5, 0.6) is 0 Å². The lowest BCUT2D eigenvalue weighted by molar-refractivity contribution is -0.133. The number of hydrogen-bond acceptors (Lipinski definition) is 5. The molecule has 0 aliphatic heterocycles. The molecular weight excluding hydrogens is 340 g/mol. The van der Waals surface area contributed by atoms with E-state index in [1.807, 2.05) is 0 Å². The molecule has 136 valence electrons. The summed E-state index contributed by atoms with van der Waals surface area (Å²) in [4.78, 5) is 34.5. The molecule has 0 aliphatic rings. The Kier molecular flexibility index (Phi) is 6.05. The molecule has 2 amide bonds. The Hall–Kier alpha value is -3.23. The number of amides is 2. The summed E-state index contributed by atoms with van der Waals surface area (Å²) in [5.74, 6) is -2.53. The number of rotatable bonds is 6. The van der Waals surface area contributed by atoms with Gasteiger partial charge >= 0.3 is 5.97 Å². The first kappa shape index (κ1) is 19.1. The van der Waals surface area contributed by atoms with Crippen molar-refractivity contribution in [3.8, 4) is 11.1 Å². The zero-order chi connectivity index (χ0) is 19.3. The molecule has 2 rings (SSSR count). The first-order valence-corrected chi connectivity index (χ1v) is 7.70. The zero-order valence-corrected chi connectivity index (χ0v) is 13.8. The molecule has 2 aromatic carbocycles. The fraction of sp³-hybridized carbons (Fsp3) is 0.167. The van der Waals surface area contributed by atoms with E-state index in [1.54, 1.807) is 24.3 Å². The summed E-state index contributed by atoms with van der Waals surface area (Å²) in [5.41, 5.74) is 3.38. The van der Waals surface area contributed by atoms with E-state index in [1.165, 1.54) is 36.7 Å². The van der Waals surface area contributed by atoms with Crippen LogP contribution >= 0.6 is 0 Å². The van der Waals surface area contributed by atoms with Crippen molar-refractivity contribution in [3.63, 3.8) is 0 Å². The Morgan fingerprint density at radius 3 is 1.73 bits per heavy atom. The minimum Gasteiger partial charge on any atom is -0.478 e. The summed E-state index contributed by atoms with van der Waals surface area (Å²) in [7, 11) is 0. The molecule has 0 aromatic heterocycles. The quantitative estimate of drug-likeness (QED) is 0.387. The van der Waals surface area contributed by atoms with E-state index < -0.39 is 29.9 Å². The molecular formula is C18H18N2O6. The van der Waals surface area contributed by atoms with E-state index in [-0.39, 0.29) is 11.1 Å². The molecule has 2 atom stereocenters. The van der Waals surface area contributed by atoms with Crippen LogP contribution in [0.25, 0.3) is 11.1 Å². The topological polar surface area (TPSA) is 136 Å². The van der Waals surface area contributed by atoms with Gasteiger partial charge in [-0.3, -0.25) is 14.8 Å². The van der Waals surface area contributed by atoms with Gasteiger partial charge in [0.15, 0.2) is 0 Å². The monoisotopic (exact) mass is 358 g/mol. The third-order valence-electron chi connectivity index (χ3n) is 3.77. The van der Waals surface area contributed by atoms with Crippen LogP contribution in [0.3, 0.4) is 0 Å². The molecule has 5 N–H and O–H groups in total. The average Bonchev–Trinajstić information content (AvgIpc) is 2.65. The highest BCUT2D eigenvalue weighted by atomic mass is 16.5. The first-order valence-electron chi connectivity index (χ1n) is 7.70. The van der Waals surface area contributed by atoms with Gasteiger partial charge in [-0.2, -0.15) is 0 Å². The van der Waals surface area contributed by atoms with E-state index in [0.717, 1.165) is 11.1 Å². The van der Waals surface area contributed by atoms with Gasteiger partial charge < -0.3 is 15.5 Å². The summed E-state index contributed by atoms with van der Waals surface area (Å²) < 4.78 is 0. The number of carbonyl (C=O) groups is 3. The highest BCUT2D eigenvalue weighted by molar-refractivity contribution is 5.98. The maximum atomic E-state index is 12.2. The number of benzene rings is 2. The van der Waals surface area contributed by atoms with Crippen molar-refractivity contribution in [2.24, 2.45) is 0 Å². The molecule has 26 heavy (non-hydrogen) atoms. The summed E-state index contributed by atoms with van der Waals surface area (Å²) in [6, 6.07) is 11.4. The van der Waals surface area contributed by atoms with Gasteiger partial charge in [-0.05, 0) is 42.3 Å². The largest absolute Gasteiger partial charge is 0.478 e. The smallest absolute Gasteiger partial charge is 0.335 e. The highest BCUT2D eigenvalue weighted by Crippen LogP contribution is 2.20. The van der Waals surface area contributed by atoms with Gasteiger partial charge in [-0.1, -0.05) is 24.3 Å². The number of carboxylic acids is 1. The van der Waals surface area contributed by atoms with Crippen molar-refractivity contribution in [1.82, 2.24) is 10.8 Å². The van der Waals surface area contributed by atoms with Crippen molar-refractivity contribution in [2.45, 2.75) is 19.1 Å². The van der Waals surface area contributed by atoms with Gasteiger partial charge in [-0.25, -0.2) is 10.3 Å². The fourth-order valence-corrected chi connectivity index (χ4v) is 2.32. The number of aromatic carboxylic acids is 1. The highest BCUT2D eigenvalue weighted by Gasteiger charge is 2.25. The molecule has 0 fully saturated rings. The third-order valence-corrected chi connectivity index (χ3v) is 3.77. The minimum atomic E-state index is -1.30. The molecule has 0 spiro atoms. The van der Waals surface area contributed by atoms with Crippen molar-refractivity contribution in [3.05, 3.63) is 59.7 Å². The molecule has 8 nitrogen and oxygen atoms in total. The van der Waals surface area contributed by atoms with Gasteiger partial charge in [0.2, 0.25) is 0 Å². The predicted octanol–water partition coefficient (Wildman–Crippen LogP) is 1.04. The summed E-state index contributed by atoms with van der Waals surface area (Å²) in [6.45, 7) is 1.31. The molecule has 0 saturated heterocycles. The Balaban J connectivity index is 2.14. The number of aliphatic hydroxyl groups is 1. The first-order chi connectivity index (χ1) is 12.3. The molecule has 8 heteroatoms. The van der Waals surface area contributed by atoms with Gasteiger partial charge in [0.1, 0.15) is 6.04 Å². The molecule has 2 aromatic rings. The SMILES string of the molecule is C[C@@H](O)[C@H](NC(=O)c1ccc(-c2ccc(C(=O)O)cc2)cc1)C(=O)NO. The normalized spacial score (nSPS) is 12.7. The lowest BCUT2D eigenvalue weighted by atomic mass is 10.0. The van der Waals surface area contributed by atoms with Crippen LogP contribution in [-0.4, -0.2) is 45.3 Å². The van der Waals surface area contributed by atoms with E-state index in [4.69, 9.17) is 10.3 Å². The Bertz CT molecular complexity index is 799. The lowest BCUT2D eigenvalue weighted by Crippen LogP contribution is -2.51. The van der Waals surface area contributed by atoms with Crippen molar-refractivity contribution in [2.75, 3.05) is 0 Å². The van der Waals surface area contributed by atoms with Crippen LogP contribution in [0, 0.1) is 0 Å². The minimum absolute atomic E-state index is 0.177. The maximum Gasteiger partial charge on any atom is 0.335 e. The van der Waals surface area contributed by atoms with Crippen LogP contribution < -0.4 is 10.8 Å². The van der Waals surface area contributed by atoms with E-state index >= 15 is 0 Å². The Morgan fingerprint density at radius 2 is 1.35 bits per heavy atom. The molecule has 0 radical (unpaired) electrons. The number of hydroxylamine groups is 1. The number of aliphatic hydroxyl groups excluding tert-OH is 1. The number of hydrogen-bond donors (Lipinski definition) is 5. The van der Waals surface area contributed by atoms with E-state index in [2.05, 4.69) is 5.32 Å². The predicted molar refractivity (Wildman–Crippen MR) is 91.7 cm³/mol. The summed E-state index contributed by atoms with van der Waals surface area (Å²) in [5, 5.41) is 29.4. The number of nitrogens with one attached hydrogen (secondary N) is 2. The molecule has 0 saturated carbocycles. The number of carboxylic acid groups (broad SMARTS) is 1. The van der Waals surface area contributed by atoms with E-state index in [9.17, 15) is 19.5 Å². The molecule has 0 aliphatic carbocycles. The zero-order valence-electron chi connectivity index (χ0n) is 13.8. The van der Waals surface area contributed by atoms with Crippen molar-refractivity contribution < 1.29 is 29.8 Å². The maximum absolute atomic E-state index is 12.2. The van der Waals surface area contributed by atoms with E-state index in [0.29, 0.717) is 0 Å². The van der Waals surface area contributed by atoms with Crippen LogP contribution in [0.2, 0.25) is 0 Å². The average molecular weight is 358 g/mol. The second-order valence-electron chi connectivity index (χ2n) is 5.63. The molecule has 0 bridgehead atoms. The lowest BCUT2D eigenvalue weighted by Gasteiger charge is -2.19. The van der Waals surface area contributed by atoms with Gasteiger partial charge in [-0.15, -0.1) is 0 Å². The van der Waals surface area contributed by atoms with Crippen LogP contribution in [-0.2, 0) is 4.79 Å². The summed E-state index contributed by atoms with van der Waals surface area (Å²) >= 11 is 0. The second kappa shape index (κ2) is 8.24. The van der Waals surface area contributed by atoms with Crippen molar-refractivity contribution >= 4 is 17.8 Å². The van der Waals surface area contributed by atoms with Crippen LogP contribution in [0.1, 0.15) is 27.6 Å². The Morgan fingerprint density at radius 1 is 0.885 bits per heavy atom. The fourth-order valence-electron chi connectivity index (χ4n) is 2.32. The standard InChI is InChI=1S/C18H18N2O6/c1-10(21)15(17(23)20-26)19-16(22)13-6-2-11(3-7-13)12-4-8-14(9-5-12)18(24)25/h2-10,15,21,26H,1H3,(H,19,22)(H,20,23)(H,24,25)/t10-,15+/m1/s1. The summed E-state index contributed by atoms with van der Waals surface area (Å²) in [6.07, 6.45) is -1.20. The molecule has 0 unspecified atom stereocenters. The Labute approximate surface area is 149 Å². The van der Waals surface area contributed by atoms with Gasteiger partial charge in [0.05, 0.1) is 11.7 Å². The number of carbonyl (C=O) groups excluding carboxylic acids is 2. The van der Waals surface area contributed by atoms with Crippen LogP contribution in [0.15, 0.2) is 48.5 Å². The van der Waals surface area contributed by atoms with Crippen molar-refractivity contribution in [1.29, 1.82) is 0 Å².